The van der Waals surface area contributed by atoms with Crippen molar-refractivity contribution in [1.29, 1.82) is 0 Å². The zero-order valence-corrected chi connectivity index (χ0v) is 11.4. The highest BCUT2D eigenvalue weighted by molar-refractivity contribution is 6.30. The summed E-state index contributed by atoms with van der Waals surface area (Å²) >= 11 is 6.07. The van der Waals surface area contributed by atoms with E-state index in [0.717, 1.165) is 30.2 Å². The summed E-state index contributed by atoms with van der Waals surface area (Å²) < 4.78 is 5.99. The van der Waals surface area contributed by atoms with E-state index < -0.39 is 0 Å². The quantitative estimate of drug-likeness (QED) is 0.911. The lowest BCUT2D eigenvalue weighted by atomic mass is 9.94. The maximum Gasteiger partial charge on any atom is 0.148 e. The van der Waals surface area contributed by atoms with Crippen molar-refractivity contribution in [2.75, 3.05) is 13.6 Å². The van der Waals surface area contributed by atoms with Crippen LogP contribution in [0.3, 0.4) is 0 Å². The van der Waals surface area contributed by atoms with Crippen molar-refractivity contribution in [1.82, 2.24) is 10.3 Å². The minimum atomic E-state index is 0.341. The van der Waals surface area contributed by atoms with Crippen molar-refractivity contribution >= 4 is 11.6 Å². The number of hydrogen-bond acceptors (Lipinski definition) is 3. The first-order chi connectivity index (χ1) is 9.28. The molecule has 2 aromatic rings. The summed E-state index contributed by atoms with van der Waals surface area (Å²) in [5.74, 6) is 2.00. The van der Waals surface area contributed by atoms with E-state index >= 15 is 0 Å². The normalized spacial score (nSPS) is 17.1. The molecular formula is C15H15ClN2O. The molecule has 4 heteroatoms. The van der Waals surface area contributed by atoms with Gasteiger partial charge in [-0.1, -0.05) is 17.7 Å². The lowest BCUT2D eigenvalue weighted by Crippen LogP contribution is -2.19. The highest BCUT2D eigenvalue weighted by atomic mass is 35.5. The van der Waals surface area contributed by atoms with Gasteiger partial charge in [0.05, 0.1) is 5.69 Å². The van der Waals surface area contributed by atoms with Gasteiger partial charge in [-0.15, -0.1) is 0 Å². The molecule has 1 N–H and O–H groups in total. The van der Waals surface area contributed by atoms with Crippen molar-refractivity contribution < 1.29 is 4.74 Å². The van der Waals surface area contributed by atoms with Crippen LogP contribution < -0.4 is 10.1 Å². The summed E-state index contributed by atoms with van der Waals surface area (Å²) in [5, 5.41) is 3.92. The van der Waals surface area contributed by atoms with Crippen molar-refractivity contribution in [2.24, 2.45) is 0 Å². The summed E-state index contributed by atoms with van der Waals surface area (Å²) in [4.78, 5) is 4.43. The van der Waals surface area contributed by atoms with Crippen LogP contribution in [0, 0.1) is 0 Å². The number of aromatic nitrogens is 1. The Bertz CT molecular complexity index is 600. The fraction of sp³-hybridized carbons (Fsp3) is 0.267. The molecule has 3 rings (SSSR count). The van der Waals surface area contributed by atoms with E-state index in [1.54, 1.807) is 0 Å². The molecule has 3 nitrogen and oxygen atoms in total. The second kappa shape index (κ2) is 5.19. The number of likely N-dealkylation sites (N-methyl/N-ethyl adjacent to an activating group) is 1. The molecule has 0 bridgehead atoms. The first-order valence-electron chi connectivity index (χ1n) is 6.33. The molecule has 0 aliphatic carbocycles. The number of rotatable bonds is 2. The lowest BCUT2D eigenvalue weighted by molar-refractivity contribution is 0.475. The number of nitrogens with one attached hydrogen (secondary N) is 1. The number of ether oxygens (including phenoxy) is 1. The van der Waals surface area contributed by atoms with Gasteiger partial charge in [-0.05, 0) is 36.9 Å². The molecule has 0 spiro atoms. The van der Waals surface area contributed by atoms with Crippen molar-refractivity contribution in [3.05, 3.63) is 52.8 Å². The van der Waals surface area contributed by atoms with Crippen LogP contribution in [-0.2, 0) is 6.42 Å². The Morgan fingerprint density at radius 3 is 3.11 bits per heavy atom. The molecule has 0 amide bonds. The third-order valence-electron chi connectivity index (χ3n) is 3.37. The Morgan fingerprint density at radius 1 is 1.37 bits per heavy atom. The topological polar surface area (TPSA) is 34.2 Å². The Kier molecular flexibility index (Phi) is 3.40. The minimum absolute atomic E-state index is 0.341. The second-order valence-electron chi connectivity index (χ2n) is 4.69. The van der Waals surface area contributed by atoms with Gasteiger partial charge in [-0.25, -0.2) is 0 Å². The van der Waals surface area contributed by atoms with Crippen molar-refractivity contribution in [2.45, 2.75) is 12.3 Å². The number of halogens is 1. The van der Waals surface area contributed by atoms with Crippen LogP contribution in [0.15, 0.2) is 36.5 Å². The number of benzene rings is 1. The molecular weight excluding hydrogens is 260 g/mol. The predicted molar refractivity (Wildman–Crippen MR) is 76.1 cm³/mol. The van der Waals surface area contributed by atoms with Gasteiger partial charge in [-0.2, -0.15) is 0 Å². The van der Waals surface area contributed by atoms with Crippen LogP contribution >= 0.6 is 11.6 Å². The fourth-order valence-electron chi connectivity index (χ4n) is 2.49. The van der Waals surface area contributed by atoms with Gasteiger partial charge >= 0.3 is 0 Å². The zero-order chi connectivity index (χ0) is 13.2. The van der Waals surface area contributed by atoms with E-state index in [9.17, 15) is 0 Å². The van der Waals surface area contributed by atoms with Gasteiger partial charge in [0.2, 0.25) is 0 Å². The molecule has 1 atom stereocenters. The number of hydrogen-bond donors (Lipinski definition) is 1. The Morgan fingerprint density at radius 2 is 2.26 bits per heavy atom. The average molecular weight is 275 g/mol. The molecule has 1 aliphatic rings. The number of nitrogens with zero attached hydrogens (tertiary/aromatic N) is 1. The first kappa shape index (κ1) is 12.5. The van der Waals surface area contributed by atoms with Gasteiger partial charge in [-0.3, -0.25) is 4.98 Å². The Balaban J connectivity index is 2.10. The highest BCUT2D eigenvalue weighted by Gasteiger charge is 2.23. The molecule has 0 saturated carbocycles. The van der Waals surface area contributed by atoms with Gasteiger partial charge in [0.25, 0.3) is 0 Å². The molecule has 0 saturated heterocycles. The summed E-state index contributed by atoms with van der Waals surface area (Å²) in [6.45, 7) is 0.883. The van der Waals surface area contributed by atoms with Crippen molar-refractivity contribution in [3.8, 4) is 11.5 Å². The maximum absolute atomic E-state index is 6.07. The average Bonchev–Trinajstić information content (AvgIpc) is 2.55. The number of pyridine rings is 1. The number of fused-ring (bicyclic) bond motifs is 2. The van der Waals surface area contributed by atoms with Crippen LogP contribution in [0.25, 0.3) is 0 Å². The standard InChI is InChI=1S/C15H15ClN2O/c1-17-9-10-7-13-14(3-2-6-18-13)19-15-8-11(16)4-5-12(10)15/h2-6,8,10,17H,7,9H2,1H3/t10-/m0/s1. The second-order valence-corrected chi connectivity index (χ2v) is 5.13. The highest BCUT2D eigenvalue weighted by Crippen LogP contribution is 2.39. The minimum Gasteiger partial charge on any atom is -0.455 e. The van der Waals surface area contributed by atoms with Crippen LogP contribution in [-0.4, -0.2) is 18.6 Å². The molecule has 0 radical (unpaired) electrons. The van der Waals surface area contributed by atoms with Gasteiger partial charge < -0.3 is 10.1 Å². The molecule has 2 heterocycles. The van der Waals surface area contributed by atoms with Gasteiger partial charge in [0.15, 0.2) is 0 Å². The Hall–Kier alpha value is -1.58. The van der Waals surface area contributed by atoms with E-state index in [2.05, 4.69) is 10.3 Å². The molecule has 0 fully saturated rings. The van der Waals surface area contributed by atoms with E-state index in [1.807, 2.05) is 43.6 Å². The van der Waals surface area contributed by atoms with Crippen molar-refractivity contribution in [3.63, 3.8) is 0 Å². The van der Waals surface area contributed by atoms with Gasteiger partial charge in [0, 0.05) is 30.1 Å². The molecule has 0 unspecified atom stereocenters. The largest absolute Gasteiger partial charge is 0.455 e. The van der Waals surface area contributed by atoms with E-state index in [-0.39, 0.29) is 0 Å². The zero-order valence-electron chi connectivity index (χ0n) is 10.7. The van der Waals surface area contributed by atoms with Gasteiger partial charge in [0.1, 0.15) is 11.5 Å². The van der Waals surface area contributed by atoms with E-state index in [4.69, 9.17) is 16.3 Å². The maximum atomic E-state index is 6.07. The summed E-state index contributed by atoms with van der Waals surface area (Å²) in [5.41, 5.74) is 2.17. The molecule has 98 valence electrons. The first-order valence-corrected chi connectivity index (χ1v) is 6.71. The smallest absolute Gasteiger partial charge is 0.148 e. The lowest BCUT2D eigenvalue weighted by Gasteiger charge is -2.16. The van der Waals surface area contributed by atoms with Crippen LogP contribution in [0.1, 0.15) is 17.2 Å². The Labute approximate surface area is 117 Å². The summed E-state index contributed by atoms with van der Waals surface area (Å²) in [6.07, 6.45) is 2.67. The van der Waals surface area contributed by atoms with E-state index in [0.29, 0.717) is 10.9 Å². The molecule has 1 aromatic carbocycles. The predicted octanol–water partition coefficient (Wildman–Crippen LogP) is 3.39. The summed E-state index contributed by atoms with van der Waals surface area (Å²) in [7, 11) is 1.96. The fourth-order valence-corrected chi connectivity index (χ4v) is 2.66. The third-order valence-corrected chi connectivity index (χ3v) is 3.61. The SMILES string of the molecule is CNC[C@@H]1Cc2ncccc2Oc2cc(Cl)ccc21. The van der Waals surface area contributed by atoms with E-state index in [1.165, 1.54) is 5.56 Å². The monoisotopic (exact) mass is 274 g/mol. The third kappa shape index (κ3) is 2.44. The molecule has 1 aromatic heterocycles. The molecule has 19 heavy (non-hydrogen) atoms. The molecule has 1 aliphatic heterocycles. The van der Waals surface area contributed by atoms with Crippen LogP contribution in [0.4, 0.5) is 0 Å². The van der Waals surface area contributed by atoms with Crippen LogP contribution in [0.5, 0.6) is 11.5 Å². The summed E-state index contributed by atoms with van der Waals surface area (Å²) in [6, 6.07) is 9.68. The van der Waals surface area contributed by atoms with Crippen LogP contribution in [0.2, 0.25) is 5.02 Å².